The van der Waals surface area contributed by atoms with E-state index in [-0.39, 0.29) is 5.92 Å². The maximum Gasteiger partial charge on any atom is 0.307 e. The number of aromatic nitrogens is 1. The van der Waals surface area contributed by atoms with Crippen molar-refractivity contribution >= 4 is 28.5 Å². The lowest BCUT2D eigenvalue weighted by Crippen LogP contribution is -2.23. The Labute approximate surface area is 122 Å². The summed E-state index contributed by atoms with van der Waals surface area (Å²) >= 11 is 6.30. The second-order valence-electron chi connectivity index (χ2n) is 5.16. The Morgan fingerprint density at radius 3 is 3.05 bits per heavy atom. The lowest BCUT2D eigenvalue weighted by molar-refractivity contribution is -0.141. The predicted octanol–water partition coefficient (Wildman–Crippen LogP) is 2.79. The largest absolute Gasteiger partial charge is 0.481 e. The molecule has 1 fully saturated rings. The van der Waals surface area contributed by atoms with Gasteiger partial charge in [-0.05, 0) is 25.1 Å². The first-order chi connectivity index (χ1) is 9.65. The fraction of sp³-hybridized carbons (Fsp3) is 0.333. The molecule has 2 heterocycles. The Balaban J connectivity index is 1.88. The standard InChI is InChI=1S/C15H15ClN2O2/c16-13-4-3-10-2-1-6-17-14(10)12(13)9-18-7-5-11(8-18)15(19)20/h1-4,6,11H,5,7-9H2,(H,19,20). The summed E-state index contributed by atoms with van der Waals surface area (Å²) in [5.74, 6) is -0.980. The molecule has 3 rings (SSSR count). The van der Waals surface area contributed by atoms with Gasteiger partial charge in [-0.25, -0.2) is 0 Å². The number of carboxylic acids is 1. The number of likely N-dealkylation sites (tertiary alicyclic amines) is 1. The van der Waals surface area contributed by atoms with E-state index in [2.05, 4.69) is 9.88 Å². The summed E-state index contributed by atoms with van der Waals surface area (Å²) in [4.78, 5) is 17.6. The third kappa shape index (κ3) is 2.49. The summed E-state index contributed by atoms with van der Waals surface area (Å²) in [5.41, 5.74) is 1.88. The number of carboxylic acid groups (broad SMARTS) is 1. The maximum atomic E-state index is 11.0. The van der Waals surface area contributed by atoms with Crippen LogP contribution in [-0.4, -0.2) is 34.0 Å². The van der Waals surface area contributed by atoms with Gasteiger partial charge in [-0.2, -0.15) is 0 Å². The van der Waals surface area contributed by atoms with Gasteiger partial charge in [0.1, 0.15) is 0 Å². The van der Waals surface area contributed by atoms with Crippen LogP contribution in [0.4, 0.5) is 0 Å². The van der Waals surface area contributed by atoms with Crippen LogP contribution in [0.15, 0.2) is 30.5 Å². The minimum Gasteiger partial charge on any atom is -0.481 e. The summed E-state index contributed by atoms with van der Waals surface area (Å²) in [5, 5.41) is 10.8. The van der Waals surface area contributed by atoms with Gasteiger partial charge >= 0.3 is 5.97 Å². The van der Waals surface area contributed by atoms with E-state index in [0.717, 1.165) is 23.0 Å². The van der Waals surface area contributed by atoms with Crippen molar-refractivity contribution in [3.05, 3.63) is 41.0 Å². The number of rotatable bonds is 3. The third-order valence-electron chi connectivity index (χ3n) is 3.83. The Morgan fingerprint density at radius 1 is 1.45 bits per heavy atom. The second kappa shape index (κ2) is 5.38. The number of halogens is 1. The molecule has 2 aromatic rings. The highest BCUT2D eigenvalue weighted by Gasteiger charge is 2.28. The SMILES string of the molecule is O=C(O)C1CCN(Cc2c(Cl)ccc3cccnc23)C1. The highest BCUT2D eigenvalue weighted by atomic mass is 35.5. The molecule has 20 heavy (non-hydrogen) atoms. The molecular weight excluding hydrogens is 276 g/mol. The second-order valence-corrected chi connectivity index (χ2v) is 5.57. The minimum absolute atomic E-state index is 0.267. The first kappa shape index (κ1) is 13.3. The van der Waals surface area contributed by atoms with Gasteiger partial charge in [0.2, 0.25) is 0 Å². The lowest BCUT2D eigenvalue weighted by Gasteiger charge is -2.17. The molecule has 104 valence electrons. The van der Waals surface area contributed by atoms with E-state index < -0.39 is 5.97 Å². The summed E-state index contributed by atoms with van der Waals surface area (Å²) in [6, 6.07) is 7.74. The molecule has 1 unspecified atom stereocenters. The zero-order chi connectivity index (χ0) is 14.1. The van der Waals surface area contributed by atoms with Gasteiger partial charge in [0.15, 0.2) is 0 Å². The van der Waals surface area contributed by atoms with E-state index >= 15 is 0 Å². The first-order valence-electron chi connectivity index (χ1n) is 6.62. The first-order valence-corrected chi connectivity index (χ1v) is 7.00. The molecule has 0 radical (unpaired) electrons. The molecule has 1 aliphatic heterocycles. The molecule has 0 saturated carbocycles. The van der Waals surface area contributed by atoms with Crippen LogP contribution in [0.5, 0.6) is 0 Å². The molecule has 0 aliphatic carbocycles. The van der Waals surface area contributed by atoms with Crippen molar-refractivity contribution in [3.63, 3.8) is 0 Å². The van der Waals surface area contributed by atoms with Crippen LogP contribution < -0.4 is 0 Å². The van der Waals surface area contributed by atoms with Crippen molar-refractivity contribution in [1.29, 1.82) is 0 Å². The molecule has 4 nitrogen and oxygen atoms in total. The average Bonchev–Trinajstić information content (AvgIpc) is 2.91. The van der Waals surface area contributed by atoms with E-state index in [9.17, 15) is 4.79 Å². The molecule has 1 atom stereocenters. The molecule has 0 bridgehead atoms. The van der Waals surface area contributed by atoms with Crippen LogP contribution in [0.2, 0.25) is 5.02 Å². The number of hydrogen-bond donors (Lipinski definition) is 1. The number of nitrogens with zero attached hydrogens (tertiary/aromatic N) is 2. The topological polar surface area (TPSA) is 53.4 Å². The Hall–Kier alpha value is -1.65. The molecule has 5 heteroatoms. The molecule has 1 aliphatic rings. The molecule has 1 N–H and O–H groups in total. The van der Waals surface area contributed by atoms with E-state index in [1.54, 1.807) is 6.20 Å². The van der Waals surface area contributed by atoms with E-state index in [1.165, 1.54) is 0 Å². The highest BCUT2D eigenvalue weighted by molar-refractivity contribution is 6.32. The number of aliphatic carboxylic acids is 1. The summed E-state index contributed by atoms with van der Waals surface area (Å²) in [6.45, 7) is 2.02. The smallest absolute Gasteiger partial charge is 0.307 e. The van der Waals surface area contributed by atoms with Gasteiger partial charge in [0.05, 0.1) is 11.4 Å². The van der Waals surface area contributed by atoms with Gasteiger partial charge in [-0.15, -0.1) is 0 Å². The predicted molar refractivity (Wildman–Crippen MR) is 77.8 cm³/mol. The molecule has 1 aromatic carbocycles. The number of carbonyl (C=O) groups is 1. The number of pyridine rings is 1. The van der Waals surface area contributed by atoms with Crippen molar-refractivity contribution < 1.29 is 9.90 Å². The summed E-state index contributed by atoms with van der Waals surface area (Å²) < 4.78 is 0. The summed E-state index contributed by atoms with van der Waals surface area (Å²) in [6.07, 6.45) is 2.46. The molecule has 0 spiro atoms. The van der Waals surface area contributed by atoms with Gasteiger partial charge in [0, 0.05) is 35.3 Å². The average molecular weight is 291 g/mol. The van der Waals surface area contributed by atoms with Crippen molar-refractivity contribution in [2.45, 2.75) is 13.0 Å². The number of benzene rings is 1. The van der Waals surface area contributed by atoms with Gasteiger partial charge in [-0.3, -0.25) is 14.7 Å². The number of fused-ring (bicyclic) bond motifs is 1. The quantitative estimate of drug-likeness (QED) is 0.944. The zero-order valence-electron chi connectivity index (χ0n) is 10.9. The Morgan fingerprint density at radius 2 is 2.30 bits per heavy atom. The van der Waals surface area contributed by atoms with E-state index in [4.69, 9.17) is 16.7 Å². The van der Waals surface area contributed by atoms with Crippen molar-refractivity contribution in [3.8, 4) is 0 Å². The fourth-order valence-electron chi connectivity index (χ4n) is 2.73. The Kier molecular flexibility index (Phi) is 3.59. The van der Waals surface area contributed by atoms with Crippen molar-refractivity contribution in [1.82, 2.24) is 9.88 Å². The van der Waals surface area contributed by atoms with Gasteiger partial charge in [0.25, 0.3) is 0 Å². The van der Waals surface area contributed by atoms with Crippen LogP contribution in [0.1, 0.15) is 12.0 Å². The summed E-state index contributed by atoms with van der Waals surface area (Å²) in [7, 11) is 0. The molecule has 1 saturated heterocycles. The van der Waals surface area contributed by atoms with Crippen molar-refractivity contribution in [2.24, 2.45) is 5.92 Å². The van der Waals surface area contributed by atoms with Crippen LogP contribution >= 0.6 is 11.6 Å². The Bertz CT molecular complexity index is 659. The van der Waals surface area contributed by atoms with Crippen LogP contribution in [-0.2, 0) is 11.3 Å². The zero-order valence-corrected chi connectivity index (χ0v) is 11.7. The molecular formula is C15H15ClN2O2. The number of hydrogen-bond acceptors (Lipinski definition) is 3. The highest BCUT2D eigenvalue weighted by Crippen LogP contribution is 2.28. The van der Waals surface area contributed by atoms with Crippen LogP contribution in [0.25, 0.3) is 10.9 Å². The van der Waals surface area contributed by atoms with E-state index in [1.807, 2.05) is 24.3 Å². The third-order valence-corrected chi connectivity index (χ3v) is 4.18. The van der Waals surface area contributed by atoms with Crippen LogP contribution in [0, 0.1) is 5.92 Å². The fourth-order valence-corrected chi connectivity index (χ4v) is 2.95. The lowest BCUT2D eigenvalue weighted by atomic mass is 10.1. The van der Waals surface area contributed by atoms with Crippen molar-refractivity contribution in [2.75, 3.05) is 13.1 Å². The maximum absolute atomic E-state index is 11.0. The normalized spacial score (nSPS) is 19.6. The van der Waals surface area contributed by atoms with E-state index in [0.29, 0.717) is 24.5 Å². The monoisotopic (exact) mass is 290 g/mol. The van der Waals surface area contributed by atoms with Gasteiger partial charge < -0.3 is 5.11 Å². The molecule has 0 amide bonds. The molecule has 1 aromatic heterocycles. The van der Waals surface area contributed by atoms with Gasteiger partial charge in [-0.1, -0.05) is 23.7 Å². The van der Waals surface area contributed by atoms with Crippen LogP contribution in [0.3, 0.4) is 0 Å². The minimum atomic E-state index is -0.713.